The van der Waals surface area contributed by atoms with E-state index < -0.39 is 0 Å². The molecule has 0 aromatic carbocycles. The van der Waals surface area contributed by atoms with E-state index in [0.717, 1.165) is 31.7 Å². The van der Waals surface area contributed by atoms with Gasteiger partial charge in [-0.3, -0.25) is 0 Å². The average Bonchev–Trinajstić information content (AvgIpc) is 2.60. The summed E-state index contributed by atoms with van der Waals surface area (Å²) in [6.07, 6.45) is 3.66. The maximum absolute atomic E-state index is 11.6. The lowest BCUT2D eigenvalue weighted by atomic mass is 9.96. The van der Waals surface area contributed by atoms with Gasteiger partial charge in [0.1, 0.15) is 11.9 Å². The molecule has 0 radical (unpaired) electrons. The molecule has 1 saturated heterocycles. The highest BCUT2D eigenvalue weighted by Crippen LogP contribution is 2.23. The summed E-state index contributed by atoms with van der Waals surface area (Å²) in [5, 5.41) is 14.8. The van der Waals surface area contributed by atoms with E-state index in [1.807, 2.05) is 0 Å². The number of nitrogens with zero attached hydrogens (tertiary/aromatic N) is 3. The van der Waals surface area contributed by atoms with Gasteiger partial charge in [0.2, 0.25) is 0 Å². The van der Waals surface area contributed by atoms with Crippen LogP contribution in [0.25, 0.3) is 0 Å². The third-order valence-corrected chi connectivity index (χ3v) is 3.96. The molecule has 1 aliphatic rings. The predicted octanol–water partition coefficient (Wildman–Crippen LogP) is 1.12. The summed E-state index contributed by atoms with van der Waals surface area (Å²) in [5.41, 5.74) is 0.613. The van der Waals surface area contributed by atoms with Crippen molar-refractivity contribution in [2.24, 2.45) is 5.92 Å². The van der Waals surface area contributed by atoms with Crippen molar-refractivity contribution in [1.82, 2.24) is 15.6 Å². The summed E-state index contributed by atoms with van der Waals surface area (Å²) in [5.74, 6) is 1.22. The third-order valence-electron chi connectivity index (χ3n) is 3.96. The normalized spacial score (nSPS) is 15.0. The number of methoxy groups -OCH3 is 1. The van der Waals surface area contributed by atoms with Gasteiger partial charge in [0, 0.05) is 39.5 Å². The minimum atomic E-state index is -0.152. The van der Waals surface area contributed by atoms with E-state index in [1.54, 1.807) is 25.4 Å². The number of aromatic nitrogens is 1. The van der Waals surface area contributed by atoms with Gasteiger partial charge < -0.3 is 20.3 Å². The van der Waals surface area contributed by atoms with Crippen LogP contribution >= 0.6 is 0 Å². The number of pyridine rings is 1. The lowest BCUT2D eigenvalue weighted by molar-refractivity contribution is 0.195. The van der Waals surface area contributed by atoms with Crippen LogP contribution < -0.4 is 15.5 Å². The van der Waals surface area contributed by atoms with Gasteiger partial charge in [0.05, 0.1) is 12.2 Å². The lowest BCUT2D eigenvalue weighted by Crippen LogP contribution is -2.43. The van der Waals surface area contributed by atoms with E-state index in [9.17, 15) is 4.79 Å². The molecule has 7 heteroatoms. The Morgan fingerprint density at radius 2 is 2.26 bits per heavy atom. The summed E-state index contributed by atoms with van der Waals surface area (Å²) < 4.78 is 4.88. The van der Waals surface area contributed by atoms with E-state index in [-0.39, 0.29) is 6.03 Å². The molecule has 0 aliphatic carbocycles. The molecule has 0 atom stereocenters. The zero-order chi connectivity index (χ0) is 16.5. The van der Waals surface area contributed by atoms with Crippen LogP contribution in [-0.4, -0.2) is 50.9 Å². The molecule has 7 nitrogen and oxygen atoms in total. The maximum Gasteiger partial charge on any atom is 0.314 e. The summed E-state index contributed by atoms with van der Waals surface area (Å²) in [4.78, 5) is 18.1. The van der Waals surface area contributed by atoms with Gasteiger partial charge in [-0.05, 0) is 30.9 Å². The first kappa shape index (κ1) is 17.0. The van der Waals surface area contributed by atoms with Crippen LogP contribution in [0.1, 0.15) is 18.4 Å². The topological polar surface area (TPSA) is 90.3 Å². The van der Waals surface area contributed by atoms with Gasteiger partial charge in [0.25, 0.3) is 0 Å². The average molecular weight is 317 g/mol. The number of rotatable bonds is 6. The van der Waals surface area contributed by atoms with Crippen molar-refractivity contribution in [3.8, 4) is 6.07 Å². The highest BCUT2D eigenvalue weighted by atomic mass is 16.5. The number of hydrogen-bond donors (Lipinski definition) is 2. The van der Waals surface area contributed by atoms with Gasteiger partial charge in [-0.1, -0.05) is 0 Å². The van der Waals surface area contributed by atoms with E-state index in [2.05, 4.69) is 26.6 Å². The van der Waals surface area contributed by atoms with E-state index in [1.165, 1.54) is 0 Å². The molecule has 2 amide bonds. The second-order valence-electron chi connectivity index (χ2n) is 5.55. The minimum Gasteiger partial charge on any atom is -0.383 e. The molecular weight excluding hydrogens is 294 g/mol. The smallest absolute Gasteiger partial charge is 0.314 e. The number of urea groups is 1. The molecule has 0 bridgehead atoms. The fourth-order valence-corrected chi connectivity index (χ4v) is 2.65. The molecule has 1 fully saturated rings. The first-order valence-electron chi connectivity index (χ1n) is 7.85. The molecule has 1 aromatic rings. The first-order valence-corrected chi connectivity index (χ1v) is 7.85. The van der Waals surface area contributed by atoms with Crippen molar-refractivity contribution in [2.75, 3.05) is 44.8 Å². The summed E-state index contributed by atoms with van der Waals surface area (Å²) in [6.45, 7) is 3.39. The van der Waals surface area contributed by atoms with Crippen LogP contribution in [-0.2, 0) is 4.74 Å². The summed E-state index contributed by atoms with van der Waals surface area (Å²) in [6, 6.07) is 5.61. The van der Waals surface area contributed by atoms with Crippen molar-refractivity contribution >= 4 is 11.8 Å². The Kier molecular flexibility index (Phi) is 6.63. The maximum atomic E-state index is 11.6. The summed E-state index contributed by atoms with van der Waals surface area (Å²) in [7, 11) is 1.60. The first-order chi connectivity index (χ1) is 11.2. The molecule has 0 spiro atoms. The lowest BCUT2D eigenvalue weighted by Gasteiger charge is -2.33. The van der Waals surface area contributed by atoms with Crippen molar-refractivity contribution in [1.29, 1.82) is 5.26 Å². The van der Waals surface area contributed by atoms with Gasteiger partial charge >= 0.3 is 6.03 Å². The van der Waals surface area contributed by atoms with Gasteiger partial charge in [-0.25, -0.2) is 9.78 Å². The van der Waals surface area contributed by atoms with Crippen molar-refractivity contribution in [2.45, 2.75) is 12.8 Å². The van der Waals surface area contributed by atoms with Crippen LogP contribution in [0.4, 0.5) is 10.6 Å². The monoisotopic (exact) mass is 317 g/mol. The minimum absolute atomic E-state index is 0.152. The van der Waals surface area contributed by atoms with Gasteiger partial charge in [-0.15, -0.1) is 0 Å². The molecule has 23 heavy (non-hydrogen) atoms. The number of piperidine rings is 1. The third kappa shape index (κ3) is 5.11. The number of ether oxygens (including phenoxy) is 1. The Morgan fingerprint density at radius 3 is 2.96 bits per heavy atom. The molecule has 2 rings (SSSR count). The zero-order valence-corrected chi connectivity index (χ0v) is 13.4. The quantitative estimate of drug-likeness (QED) is 0.767. The Balaban J connectivity index is 1.74. The predicted molar refractivity (Wildman–Crippen MR) is 87.2 cm³/mol. The SMILES string of the molecule is COCCNC(=O)NCC1CCN(c2ncccc2C#N)CC1. The second kappa shape index (κ2) is 8.96. The number of anilines is 1. The molecule has 2 N–H and O–H groups in total. The van der Waals surface area contributed by atoms with Crippen LogP contribution in [0, 0.1) is 17.2 Å². The number of amides is 2. The van der Waals surface area contributed by atoms with Crippen LogP contribution in [0.2, 0.25) is 0 Å². The fourth-order valence-electron chi connectivity index (χ4n) is 2.65. The molecule has 1 aliphatic heterocycles. The number of carbonyl (C=O) groups excluding carboxylic acids is 1. The highest BCUT2D eigenvalue weighted by Gasteiger charge is 2.22. The van der Waals surface area contributed by atoms with Gasteiger partial charge in [-0.2, -0.15) is 5.26 Å². The molecular formula is C16H23N5O2. The van der Waals surface area contributed by atoms with Crippen LogP contribution in [0.15, 0.2) is 18.3 Å². The van der Waals surface area contributed by atoms with Crippen molar-refractivity contribution in [3.63, 3.8) is 0 Å². The van der Waals surface area contributed by atoms with E-state index >= 15 is 0 Å². The molecule has 1 aromatic heterocycles. The van der Waals surface area contributed by atoms with Gasteiger partial charge in [0.15, 0.2) is 0 Å². The standard InChI is InChI=1S/C16H23N5O2/c1-23-10-7-19-16(22)20-12-13-4-8-21(9-5-13)15-14(11-17)3-2-6-18-15/h2-3,6,13H,4-5,7-10,12H2,1H3,(H2,19,20,22). The Bertz CT molecular complexity index is 550. The van der Waals surface area contributed by atoms with E-state index in [4.69, 9.17) is 10.00 Å². The molecule has 124 valence electrons. The molecule has 0 unspecified atom stereocenters. The molecule has 0 saturated carbocycles. The fraction of sp³-hybridized carbons (Fsp3) is 0.562. The largest absolute Gasteiger partial charge is 0.383 e. The Labute approximate surface area is 136 Å². The molecule has 2 heterocycles. The van der Waals surface area contributed by atoms with Crippen molar-refractivity contribution in [3.05, 3.63) is 23.9 Å². The number of nitrogens with one attached hydrogen (secondary N) is 2. The number of carbonyl (C=O) groups is 1. The highest BCUT2D eigenvalue weighted by molar-refractivity contribution is 5.73. The summed E-state index contributed by atoms with van der Waals surface area (Å²) >= 11 is 0. The van der Waals surface area contributed by atoms with Crippen LogP contribution in [0.3, 0.4) is 0 Å². The Morgan fingerprint density at radius 1 is 1.48 bits per heavy atom. The Hall–Kier alpha value is -2.33. The second-order valence-corrected chi connectivity index (χ2v) is 5.55. The van der Waals surface area contributed by atoms with Crippen LogP contribution in [0.5, 0.6) is 0 Å². The number of nitriles is 1. The zero-order valence-electron chi connectivity index (χ0n) is 13.4. The van der Waals surface area contributed by atoms with Crippen molar-refractivity contribution < 1.29 is 9.53 Å². The number of hydrogen-bond acceptors (Lipinski definition) is 5. The van der Waals surface area contributed by atoms with E-state index in [0.29, 0.717) is 31.2 Å².